The van der Waals surface area contributed by atoms with Crippen LogP contribution in [-0.2, 0) is 0 Å². The molecule has 1 spiro atoms. The van der Waals surface area contributed by atoms with Gasteiger partial charge >= 0.3 is 0 Å². The summed E-state index contributed by atoms with van der Waals surface area (Å²) in [7, 11) is 0. The molecule has 3 rings (SSSR count). The van der Waals surface area contributed by atoms with Crippen LogP contribution in [0.5, 0.6) is 0 Å². The number of thioether (sulfide) groups is 1. The lowest BCUT2D eigenvalue weighted by Crippen LogP contribution is -2.43. The first kappa shape index (κ1) is 12.8. The van der Waals surface area contributed by atoms with Gasteiger partial charge in [-0.1, -0.05) is 37.9 Å². The summed E-state index contributed by atoms with van der Waals surface area (Å²) in [6.45, 7) is 4.75. The first-order valence-corrected chi connectivity index (χ1v) is 8.49. The van der Waals surface area contributed by atoms with E-state index in [1.807, 2.05) is 11.8 Å². The number of nitrogens with zero attached hydrogens (tertiary/aromatic N) is 2. The number of amidine groups is 1. The Bertz CT molecular complexity index is 325. The molecule has 18 heavy (non-hydrogen) atoms. The molecule has 0 aromatic rings. The van der Waals surface area contributed by atoms with Gasteiger partial charge in [0.1, 0.15) is 0 Å². The normalized spacial score (nSPS) is 37.8. The maximum absolute atomic E-state index is 5.05. The number of nitrogens with one attached hydrogen (secondary N) is 1. The van der Waals surface area contributed by atoms with E-state index in [1.54, 1.807) is 0 Å². The number of piperidine rings is 1. The fraction of sp³-hybridized carbons (Fsp3) is 0.929. The van der Waals surface area contributed by atoms with Crippen LogP contribution in [0.1, 0.15) is 51.9 Å². The van der Waals surface area contributed by atoms with Gasteiger partial charge < -0.3 is 0 Å². The van der Waals surface area contributed by atoms with Crippen LogP contribution < -0.4 is 5.43 Å². The molecule has 1 saturated heterocycles. The molecule has 1 saturated carbocycles. The quantitative estimate of drug-likeness (QED) is 0.791. The summed E-state index contributed by atoms with van der Waals surface area (Å²) < 4.78 is 0. The van der Waals surface area contributed by atoms with E-state index in [0.29, 0.717) is 0 Å². The van der Waals surface area contributed by atoms with Gasteiger partial charge in [0, 0.05) is 18.8 Å². The van der Waals surface area contributed by atoms with Gasteiger partial charge in [-0.05, 0) is 31.6 Å². The molecule has 2 fully saturated rings. The van der Waals surface area contributed by atoms with E-state index in [4.69, 9.17) is 4.99 Å². The highest BCUT2D eigenvalue weighted by atomic mass is 32.2. The average molecular weight is 267 g/mol. The van der Waals surface area contributed by atoms with E-state index < -0.39 is 0 Å². The smallest absolute Gasteiger partial charge is 0.171 e. The Hall–Kier alpha value is -0.220. The molecule has 3 aliphatic rings. The molecule has 2 unspecified atom stereocenters. The second-order valence-corrected chi connectivity index (χ2v) is 7.26. The molecular formula is C14H25N3S. The van der Waals surface area contributed by atoms with E-state index >= 15 is 0 Å². The second kappa shape index (κ2) is 5.41. The Morgan fingerprint density at radius 2 is 2.11 bits per heavy atom. The third-order valence-corrected chi connectivity index (χ3v) is 5.63. The summed E-state index contributed by atoms with van der Waals surface area (Å²) >= 11 is 1.94. The predicted octanol–water partition coefficient (Wildman–Crippen LogP) is 3.03. The molecule has 2 heterocycles. The van der Waals surface area contributed by atoms with Crippen molar-refractivity contribution in [3.8, 4) is 0 Å². The van der Waals surface area contributed by atoms with Crippen molar-refractivity contribution in [2.24, 2.45) is 10.9 Å². The number of hydrogen-bond donors (Lipinski definition) is 1. The van der Waals surface area contributed by atoms with E-state index in [9.17, 15) is 0 Å². The summed E-state index contributed by atoms with van der Waals surface area (Å²) in [5.41, 5.74) is 3.83. The van der Waals surface area contributed by atoms with Crippen molar-refractivity contribution in [2.45, 2.75) is 57.4 Å². The van der Waals surface area contributed by atoms with Crippen LogP contribution in [0.15, 0.2) is 4.99 Å². The standard InChI is InChI=1S/C14H25N3S/c1-12-6-5-7-14(10-12)11-18-13(15-14)16-17-8-3-2-4-9-17/h12H,2-11H2,1H3,(H,15,16). The van der Waals surface area contributed by atoms with Crippen LogP contribution in [0.4, 0.5) is 0 Å². The number of rotatable bonds is 1. The zero-order valence-electron chi connectivity index (χ0n) is 11.5. The number of hydrogen-bond acceptors (Lipinski definition) is 4. The molecule has 102 valence electrons. The lowest BCUT2D eigenvalue weighted by Gasteiger charge is -2.33. The van der Waals surface area contributed by atoms with Gasteiger partial charge in [-0.15, -0.1) is 0 Å². The first-order chi connectivity index (χ1) is 8.76. The van der Waals surface area contributed by atoms with E-state index in [0.717, 1.165) is 5.92 Å². The topological polar surface area (TPSA) is 27.6 Å². The molecule has 2 aliphatic heterocycles. The largest absolute Gasteiger partial charge is 0.298 e. The van der Waals surface area contributed by atoms with E-state index in [2.05, 4.69) is 17.4 Å². The van der Waals surface area contributed by atoms with Crippen LogP contribution in [0.3, 0.4) is 0 Å². The van der Waals surface area contributed by atoms with Crippen molar-refractivity contribution in [1.29, 1.82) is 0 Å². The summed E-state index contributed by atoms with van der Waals surface area (Å²) in [6.07, 6.45) is 9.40. The van der Waals surface area contributed by atoms with E-state index in [-0.39, 0.29) is 5.54 Å². The molecule has 1 aliphatic carbocycles. The van der Waals surface area contributed by atoms with Crippen LogP contribution in [-0.4, -0.2) is 34.6 Å². The monoisotopic (exact) mass is 267 g/mol. The summed E-state index contributed by atoms with van der Waals surface area (Å²) in [4.78, 5) is 5.05. The molecule has 2 atom stereocenters. The maximum Gasteiger partial charge on any atom is 0.171 e. The highest BCUT2D eigenvalue weighted by Gasteiger charge is 2.39. The zero-order chi connectivity index (χ0) is 12.4. The highest BCUT2D eigenvalue weighted by Crippen LogP contribution is 2.41. The van der Waals surface area contributed by atoms with Gasteiger partial charge in [-0.25, -0.2) is 5.01 Å². The molecule has 0 radical (unpaired) electrons. The summed E-state index contributed by atoms with van der Waals surface area (Å²) in [5, 5.41) is 3.55. The molecule has 0 amide bonds. The van der Waals surface area contributed by atoms with Crippen LogP contribution >= 0.6 is 11.8 Å². The van der Waals surface area contributed by atoms with Crippen LogP contribution in [0.2, 0.25) is 0 Å². The average Bonchev–Trinajstić information content (AvgIpc) is 2.73. The Morgan fingerprint density at radius 3 is 2.89 bits per heavy atom. The first-order valence-electron chi connectivity index (χ1n) is 7.50. The van der Waals surface area contributed by atoms with Crippen molar-refractivity contribution in [1.82, 2.24) is 10.4 Å². The predicted molar refractivity (Wildman–Crippen MR) is 78.8 cm³/mol. The number of hydrazine groups is 1. The minimum absolute atomic E-state index is 0.278. The van der Waals surface area contributed by atoms with E-state index in [1.165, 1.54) is 69.0 Å². The van der Waals surface area contributed by atoms with Gasteiger partial charge in [0.25, 0.3) is 0 Å². The Balaban J connectivity index is 1.60. The SMILES string of the molecule is CC1CCCC2(CSC(NN3CCCCC3)=N2)C1. The van der Waals surface area contributed by atoms with Gasteiger partial charge in [0.15, 0.2) is 5.17 Å². The molecule has 3 nitrogen and oxygen atoms in total. The van der Waals surface area contributed by atoms with Crippen LogP contribution in [0.25, 0.3) is 0 Å². The van der Waals surface area contributed by atoms with Crippen molar-refractivity contribution >= 4 is 16.9 Å². The molecule has 0 aromatic heterocycles. The van der Waals surface area contributed by atoms with Gasteiger partial charge in [0.05, 0.1) is 5.54 Å². The fourth-order valence-electron chi connectivity index (χ4n) is 3.55. The third kappa shape index (κ3) is 2.85. The van der Waals surface area contributed by atoms with Crippen molar-refractivity contribution < 1.29 is 0 Å². The van der Waals surface area contributed by atoms with Crippen molar-refractivity contribution in [3.05, 3.63) is 0 Å². The Labute approximate surface area is 115 Å². The summed E-state index contributed by atoms with van der Waals surface area (Å²) in [6, 6.07) is 0. The Morgan fingerprint density at radius 1 is 1.28 bits per heavy atom. The van der Waals surface area contributed by atoms with Crippen molar-refractivity contribution in [2.75, 3.05) is 18.8 Å². The maximum atomic E-state index is 5.05. The molecule has 1 N–H and O–H groups in total. The Kier molecular flexibility index (Phi) is 3.85. The van der Waals surface area contributed by atoms with Crippen molar-refractivity contribution in [3.63, 3.8) is 0 Å². The lowest BCUT2D eigenvalue weighted by atomic mass is 9.78. The third-order valence-electron chi connectivity index (χ3n) is 4.49. The number of aliphatic imine (C=N–C) groups is 1. The zero-order valence-corrected chi connectivity index (χ0v) is 12.3. The van der Waals surface area contributed by atoms with Gasteiger partial charge in [-0.3, -0.25) is 10.4 Å². The minimum atomic E-state index is 0.278. The van der Waals surface area contributed by atoms with Gasteiger partial charge in [-0.2, -0.15) is 0 Å². The van der Waals surface area contributed by atoms with Gasteiger partial charge in [0.2, 0.25) is 0 Å². The lowest BCUT2D eigenvalue weighted by molar-refractivity contribution is 0.195. The van der Waals surface area contributed by atoms with Crippen LogP contribution in [0, 0.1) is 5.92 Å². The summed E-state index contributed by atoms with van der Waals surface area (Å²) in [5.74, 6) is 2.06. The fourth-order valence-corrected chi connectivity index (χ4v) is 4.73. The molecule has 4 heteroatoms. The molecule has 0 bridgehead atoms. The second-order valence-electron chi connectivity index (χ2n) is 6.29. The minimum Gasteiger partial charge on any atom is -0.298 e. The highest BCUT2D eigenvalue weighted by molar-refractivity contribution is 8.14. The molecule has 0 aromatic carbocycles. The molecular weight excluding hydrogens is 242 g/mol.